The molecule has 7 nitrogen and oxygen atoms in total. The molecule has 2 amide bonds. The van der Waals surface area contributed by atoms with Gasteiger partial charge < -0.3 is 20.5 Å². The van der Waals surface area contributed by atoms with Gasteiger partial charge in [0, 0.05) is 17.7 Å². The number of amides is 2. The van der Waals surface area contributed by atoms with E-state index in [-0.39, 0.29) is 31.2 Å². The zero-order valence-corrected chi connectivity index (χ0v) is 11.5. The van der Waals surface area contributed by atoms with Crippen LogP contribution in [-0.2, 0) is 20.9 Å². The van der Waals surface area contributed by atoms with Gasteiger partial charge in [0.1, 0.15) is 11.7 Å². The van der Waals surface area contributed by atoms with Crippen LogP contribution in [0, 0.1) is 5.92 Å². The van der Waals surface area contributed by atoms with Crippen molar-refractivity contribution in [3.05, 3.63) is 29.3 Å². The summed E-state index contributed by atoms with van der Waals surface area (Å²) < 4.78 is 4.51. The summed E-state index contributed by atoms with van der Waals surface area (Å²) in [4.78, 5) is 36.3. The van der Waals surface area contributed by atoms with Crippen molar-refractivity contribution in [3.8, 4) is 5.75 Å². The van der Waals surface area contributed by atoms with Crippen molar-refractivity contribution < 1.29 is 24.2 Å². The summed E-state index contributed by atoms with van der Waals surface area (Å²) in [5.74, 6) is -2.76. The molecule has 112 valence electrons. The monoisotopic (exact) mass is 292 g/mol. The van der Waals surface area contributed by atoms with Crippen molar-refractivity contribution in [2.45, 2.75) is 13.0 Å². The topological polar surface area (TPSA) is 110 Å². The summed E-state index contributed by atoms with van der Waals surface area (Å²) in [6.45, 7) is 0.420. The van der Waals surface area contributed by atoms with Crippen molar-refractivity contribution in [2.24, 2.45) is 11.7 Å². The van der Waals surface area contributed by atoms with Gasteiger partial charge >= 0.3 is 5.97 Å². The lowest BCUT2D eigenvalue weighted by Gasteiger charge is -2.18. The summed E-state index contributed by atoms with van der Waals surface area (Å²) in [6.07, 6.45) is 0.0858. The summed E-state index contributed by atoms with van der Waals surface area (Å²) in [5.41, 5.74) is 6.14. The quantitative estimate of drug-likeness (QED) is 0.587. The third-order valence-electron chi connectivity index (χ3n) is 3.53. The van der Waals surface area contributed by atoms with E-state index in [1.807, 2.05) is 0 Å². The fourth-order valence-corrected chi connectivity index (χ4v) is 2.36. The molecule has 0 saturated heterocycles. The second-order valence-electron chi connectivity index (χ2n) is 4.80. The van der Waals surface area contributed by atoms with Gasteiger partial charge in [0.15, 0.2) is 0 Å². The molecule has 1 aliphatic rings. The van der Waals surface area contributed by atoms with Gasteiger partial charge in [0.25, 0.3) is 5.91 Å². The molecule has 1 aromatic rings. The van der Waals surface area contributed by atoms with E-state index in [9.17, 15) is 19.5 Å². The van der Waals surface area contributed by atoms with E-state index < -0.39 is 17.8 Å². The highest BCUT2D eigenvalue weighted by molar-refractivity contribution is 5.99. The van der Waals surface area contributed by atoms with Crippen molar-refractivity contribution >= 4 is 17.8 Å². The molecule has 0 bridgehead atoms. The van der Waals surface area contributed by atoms with Crippen LogP contribution >= 0.6 is 0 Å². The van der Waals surface area contributed by atoms with E-state index in [0.29, 0.717) is 11.1 Å². The number of benzene rings is 1. The lowest BCUT2D eigenvalue weighted by molar-refractivity contribution is -0.149. The normalized spacial score (nSPS) is 14.7. The van der Waals surface area contributed by atoms with Crippen LogP contribution in [0.25, 0.3) is 0 Å². The Morgan fingerprint density at radius 3 is 2.76 bits per heavy atom. The standard InChI is InChI=1S/C14H16N2O5/c1-21-14(20)9(12(15)18)5-6-16-7-10-8(13(16)19)3-2-4-11(10)17/h2-4,9,17H,5-7H2,1H3,(H2,15,18). The Morgan fingerprint density at radius 2 is 2.19 bits per heavy atom. The number of esters is 1. The Hall–Kier alpha value is -2.57. The van der Waals surface area contributed by atoms with E-state index in [1.54, 1.807) is 12.1 Å². The first-order valence-corrected chi connectivity index (χ1v) is 6.43. The van der Waals surface area contributed by atoms with Gasteiger partial charge in [-0.25, -0.2) is 0 Å². The number of hydrogen-bond donors (Lipinski definition) is 2. The molecule has 0 radical (unpaired) electrons. The van der Waals surface area contributed by atoms with E-state index in [0.717, 1.165) is 0 Å². The summed E-state index contributed by atoms with van der Waals surface area (Å²) in [5, 5.41) is 9.73. The minimum Gasteiger partial charge on any atom is -0.508 e. The zero-order valence-electron chi connectivity index (χ0n) is 11.5. The molecule has 3 N–H and O–H groups in total. The SMILES string of the molecule is COC(=O)C(CCN1Cc2c(O)cccc2C1=O)C(N)=O. The number of ether oxygens (including phenoxy) is 1. The predicted octanol–water partition coefficient (Wildman–Crippen LogP) is 0.0126. The van der Waals surface area contributed by atoms with Crippen LogP contribution in [0.3, 0.4) is 0 Å². The molecule has 1 heterocycles. The Bertz CT molecular complexity index is 599. The second kappa shape index (κ2) is 5.82. The molecule has 21 heavy (non-hydrogen) atoms. The van der Waals surface area contributed by atoms with Crippen LogP contribution in [0.1, 0.15) is 22.3 Å². The zero-order chi connectivity index (χ0) is 15.6. The fraction of sp³-hybridized carbons (Fsp3) is 0.357. The van der Waals surface area contributed by atoms with Gasteiger partial charge in [-0.15, -0.1) is 0 Å². The number of primary amides is 1. The number of nitrogens with two attached hydrogens (primary N) is 1. The van der Waals surface area contributed by atoms with Crippen LogP contribution < -0.4 is 5.73 Å². The maximum atomic E-state index is 12.2. The molecule has 0 spiro atoms. The van der Waals surface area contributed by atoms with Gasteiger partial charge in [-0.05, 0) is 18.6 Å². The Labute approximate surface area is 121 Å². The number of hydrogen-bond acceptors (Lipinski definition) is 5. The lowest BCUT2D eigenvalue weighted by atomic mass is 10.1. The predicted molar refractivity (Wildman–Crippen MR) is 72.2 cm³/mol. The second-order valence-corrected chi connectivity index (χ2v) is 4.80. The minimum absolute atomic E-state index is 0.0581. The van der Waals surface area contributed by atoms with Crippen LogP contribution in [0.2, 0.25) is 0 Å². The first-order valence-electron chi connectivity index (χ1n) is 6.43. The summed E-state index contributed by atoms with van der Waals surface area (Å²) in [7, 11) is 1.17. The highest BCUT2D eigenvalue weighted by atomic mass is 16.5. The first-order chi connectivity index (χ1) is 9.95. The van der Waals surface area contributed by atoms with E-state index >= 15 is 0 Å². The third kappa shape index (κ3) is 2.81. The Kier molecular flexibility index (Phi) is 4.11. The highest BCUT2D eigenvalue weighted by Gasteiger charge is 2.32. The minimum atomic E-state index is -1.08. The lowest BCUT2D eigenvalue weighted by Crippen LogP contribution is -2.35. The molecule has 0 aromatic heterocycles. The Morgan fingerprint density at radius 1 is 1.48 bits per heavy atom. The molecular weight excluding hydrogens is 276 g/mol. The van der Waals surface area contributed by atoms with Gasteiger partial charge in [-0.2, -0.15) is 0 Å². The molecule has 0 saturated carbocycles. The smallest absolute Gasteiger partial charge is 0.318 e. The number of aromatic hydroxyl groups is 1. The first kappa shape index (κ1) is 14.8. The number of carbonyl (C=O) groups is 3. The maximum Gasteiger partial charge on any atom is 0.318 e. The van der Waals surface area contributed by atoms with Crippen molar-refractivity contribution in [2.75, 3.05) is 13.7 Å². The molecule has 7 heteroatoms. The molecular formula is C14H16N2O5. The molecule has 1 aromatic carbocycles. The molecule has 2 rings (SSSR count). The van der Waals surface area contributed by atoms with E-state index in [4.69, 9.17) is 5.73 Å². The van der Waals surface area contributed by atoms with E-state index in [1.165, 1.54) is 18.1 Å². The number of phenols is 1. The van der Waals surface area contributed by atoms with Gasteiger partial charge in [-0.3, -0.25) is 14.4 Å². The summed E-state index contributed by atoms with van der Waals surface area (Å²) in [6, 6.07) is 4.73. The fourth-order valence-electron chi connectivity index (χ4n) is 2.36. The van der Waals surface area contributed by atoms with Crippen molar-refractivity contribution in [3.63, 3.8) is 0 Å². The molecule has 0 aliphatic carbocycles. The van der Waals surface area contributed by atoms with Gasteiger partial charge in [0.2, 0.25) is 5.91 Å². The number of nitrogens with zero attached hydrogens (tertiary/aromatic N) is 1. The number of phenolic OH excluding ortho intramolecular Hbond substituents is 1. The largest absolute Gasteiger partial charge is 0.508 e. The molecule has 1 atom stereocenters. The number of fused-ring (bicyclic) bond motifs is 1. The number of carbonyl (C=O) groups excluding carboxylic acids is 3. The van der Waals surface area contributed by atoms with E-state index in [2.05, 4.69) is 4.74 Å². The van der Waals surface area contributed by atoms with Crippen molar-refractivity contribution in [1.29, 1.82) is 0 Å². The van der Waals surface area contributed by atoms with Gasteiger partial charge in [0.05, 0.1) is 13.7 Å². The average Bonchev–Trinajstić information content (AvgIpc) is 2.77. The molecule has 1 aliphatic heterocycles. The molecule has 1 unspecified atom stereocenters. The third-order valence-corrected chi connectivity index (χ3v) is 3.53. The number of methoxy groups -OCH3 is 1. The van der Waals surface area contributed by atoms with Crippen LogP contribution in [-0.4, -0.2) is 41.4 Å². The Balaban J connectivity index is 2.06. The van der Waals surface area contributed by atoms with Crippen LogP contribution in [0.4, 0.5) is 0 Å². The average molecular weight is 292 g/mol. The van der Waals surface area contributed by atoms with Gasteiger partial charge in [-0.1, -0.05) is 6.07 Å². The maximum absolute atomic E-state index is 12.2. The van der Waals surface area contributed by atoms with Crippen molar-refractivity contribution in [1.82, 2.24) is 4.90 Å². The van der Waals surface area contributed by atoms with Crippen LogP contribution in [0.5, 0.6) is 5.75 Å². The number of rotatable bonds is 5. The van der Waals surface area contributed by atoms with Crippen LogP contribution in [0.15, 0.2) is 18.2 Å². The molecule has 0 fully saturated rings. The highest BCUT2D eigenvalue weighted by Crippen LogP contribution is 2.30. The summed E-state index contributed by atoms with van der Waals surface area (Å²) >= 11 is 0.